The molecule has 16 heavy (non-hydrogen) atoms. The van der Waals surface area contributed by atoms with E-state index in [2.05, 4.69) is 0 Å². The standard InChI is InChI=1S/C12H14O4/c1-8-10(15-2)6-4-9(12(8)16-3)5-7-11(13)14/h4-7H,1-3H3,(H,13,14)/b7-5+. The van der Waals surface area contributed by atoms with Crippen molar-refractivity contribution < 1.29 is 19.4 Å². The van der Waals surface area contributed by atoms with Crippen LogP contribution in [0.1, 0.15) is 11.1 Å². The van der Waals surface area contributed by atoms with Crippen LogP contribution in [0.15, 0.2) is 18.2 Å². The summed E-state index contributed by atoms with van der Waals surface area (Å²) in [6.07, 6.45) is 2.57. The molecule has 0 saturated heterocycles. The van der Waals surface area contributed by atoms with E-state index >= 15 is 0 Å². The summed E-state index contributed by atoms with van der Waals surface area (Å²) in [6.45, 7) is 1.86. The van der Waals surface area contributed by atoms with Crippen molar-refractivity contribution in [2.24, 2.45) is 0 Å². The first-order chi connectivity index (χ1) is 7.60. The maximum Gasteiger partial charge on any atom is 0.328 e. The van der Waals surface area contributed by atoms with Gasteiger partial charge in [0.15, 0.2) is 0 Å². The highest BCUT2D eigenvalue weighted by Gasteiger charge is 2.09. The molecular formula is C12H14O4. The van der Waals surface area contributed by atoms with Crippen LogP contribution < -0.4 is 9.47 Å². The summed E-state index contributed by atoms with van der Waals surface area (Å²) in [4.78, 5) is 10.4. The van der Waals surface area contributed by atoms with Crippen LogP contribution in [0.5, 0.6) is 11.5 Å². The number of ether oxygens (including phenoxy) is 2. The fourth-order valence-electron chi connectivity index (χ4n) is 1.48. The molecule has 0 unspecified atom stereocenters. The molecular weight excluding hydrogens is 208 g/mol. The van der Waals surface area contributed by atoms with E-state index in [0.717, 1.165) is 11.6 Å². The van der Waals surface area contributed by atoms with Crippen molar-refractivity contribution in [3.05, 3.63) is 29.3 Å². The lowest BCUT2D eigenvalue weighted by Crippen LogP contribution is -1.95. The van der Waals surface area contributed by atoms with Gasteiger partial charge in [0, 0.05) is 17.2 Å². The van der Waals surface area contributed by atoms with Gasteiger partial charge >= 0.3 is 5.97 Å². The van der Waals surface area contributed by atoms with Gasteiger partial charge in [-0.1, -0.05) is 0 Å². The van der Waals surface area contributed by atoms with E-state index in [1.807, 2.05) is 6.92 Å². The average molecular weight is 222 g/mol. The van der Waals surface area contributed by atoms with Crippen molar-refractivity contribution in [3.8, 4) is 11.5 Å². The van der Waals surface area contributed by atoms with Crippen molar-refractivity contribution in [2.75, 3.05) is 14.2 Å². The molecule has 0 radical (unpaired) electrons. The van der Waals surface area contributed by atoms with Crippen LogP contribution in [-0.2, 0) is 4.79 Å². The summed E-state index contributed by atoms with van der Waals surface area (Å²) in [6, 6.07) is 3.53. The third kappa shape index (κ3) is 2.53. The predicted molar refractivity (Wildman–Crippen MR) is 61.0 cm³/mol. The molecule has 0 aromatic heterocycles. The summed E-state index contributed by atoms with van der Waals surface area (Å²) in [7, 11) is 3.12. The minimum Gasteiger partial charge on any atom is -0.496 e. The molecule has 0 aliphatic rings. The number of aliphatic carboxylic acids is 1. The van der Waals surface area contributed by atoms with Crippen molar-refractivity contribution in [2.45, 2.75) is 6.92 Å². The average Bonchev–Trinajstić information content (AvgIpc) is 2.26. The lowest BCUT2D eigenvalue weighted by Gasteiger charge is -2.12. The Bertz CT molecular complexity index is 421. The maximum atomic E-state index is 10.4. The summed E-state index contributed by atoms with van der Waals surface area (Å²) in [5, 5.41) is 8.56. The Labute approximate surface area is 94.1 Å². The molecule has 0 bridgehead atoms. The number of methoxy groups -OCH3 is 2. The number of carboxylic acids is 1. The van der Waals surface area contributed by atoms with Crippen LogP contribution in [0.3, 0.4) is 0 Å². The minimum absolute atomic E-state index is 0.622. The highest BCUT2D eigenvalue weighted by Crippen LogP contribution is 2.31. The molecule has 0 aliphatic carbocycles. The molecule has 0 heterocycles. The van der Waals surface area contributed by atoms with Gasteiger partial charge in [-0.25, -0.2) is 4.79 Å². The van der Waals surface area contributed by atoms with Crippen molar-refractivity contribution >= 4 is 12.0 Å². The van der Waals surface area contributed by atoms with Crippen LogP contribution in [0.2, 0.25) is 0 Å². The van der Waals surface area contributed by atoms with E-state index in [0.29, 0.717) is 17.1 Å². The van der Waals surface area contributed by atoms with Crippen LogP contribution in [0.4, 0.5) is 0 Å². The molecule has 0 amide bonds. The zero-order chi connectivity index (χ0) is 12.1. The summed E-state index contributed by atoms with van der Waals surface area (Å²) in [5.41, 5.74) is 1.56. The van der Waals surface area contributed by atoms with Gasteiger partial charge in [0.2, 0.25) is 0 Å². The number of benzene rings is 1. The monoisotopic (exact) mass is 222 g/mol. The van der Waals surface area contributed by atoms with E-state index in [1.165, 1.54) is 6.08 Å². The Morgan fingerprint density at radius 2 is 2.00 bits per heavy atom. The molecule has 0 saturated carbocycles. The Balaban J connectivity index is 3.20. The maximum absolute atomic E-state index is 10.4. The van der Waals surface area contributed by atoms with E-state index < -0.39 is 5.97 Å². The van der Waals surface area contributed by atoms with Gasteiger partial charge in [0.25, 0.3) is 0 Å². The first-order valence-corrected chi connectivity index (χ1v) is 4.72. The minimum atomic E-state index is -0.990. The molecule has 0 spiro atoms. The quantitative estimate of drug-likeness (QED) is 0.793. The van der Waals surface area contributed by atoms with Gasteiger partial charge in [-0.2, -0.15) is 0 Å². The third-order valence-electron chi connectivity index (χ3n) is 2.22. The number of hydrogen-bond acceptors (Lipinski definition) is 3. The molecule has 1 aromatic carbocycles. The summed E-state index contributed by atoms with van der Waals surface area (Å²) >= 11 is 0. The first kappa shape index (κ1) is 12.1. The van der Waals surface area contributed by atoms with Gasteiger partial charge in [0.1, 0.15) is 11.5 Å². The second kappa shape index (κ2) is 5.21. The third-order valence-corrected chi connectivity index (χ3v) is 2.22. The Morgan fingerprint density at radius 3 is 2.50 bits per heavy atom. The van der Waals surface area contributed by atoms with Crippen LogP contribution in [0, 0.1) is 6.92 Å². The number of carboxylic acid groups (broad SMARTS) is 1. The molecule has 4 nitrogen and oxygen atoms in total. The van der Waals surface area contributed by atoms with Gasteiger partial charge in [-0.05, 0) is 25.1 Å². The molecule has 0 aliphatic heterocycles. The SMILES string of the molecule is COc1ccc(/C=C/C(=O)O)c(OC)c1C. The fourth-order valence-corrected chi connectivity index (χ4v) is 1.48. The van der Waals surface area contributed by atoms with E-state index in [-0.39, 0.29) is 0 Å². The van der Waals surface area contributed by atoms with Gasteiger partial charge in [-0.15, -0.1) is 0 Å². The van der Waals surface area contributed by atoms with Gasteiger partial charge in [-0.3, -0.25) is 0 Å². The first-order valence-electron chi connectivity index (χ1n) is 4.72. The molecule has 4 heteroatoms. The smallest absolute Gasteiger partial charge is 0.328 e. The van der Waals surface area contributed by atoms with Gasteiger partial charge in [0.05, 0.1) is 14.2 Å². The molecule has 0 atom stereocenters. The van der Waals surface area contributed by atoms with E-state index in [1.54, 1.807) is 26.4 Å². The number of rotatable bonds is 4. The highest BCUT2D eigenvalue weighted by molar-refractivity contribution is 5.86. The summed E-state index contributed by atoms with van der Waals surface area (Å²) < 4.78 is 10.4. The molecule has 1 aromatic rings. The Hall–Kier alpha value is -1.97. The number of carbonyl (C=O) groups is 1. The van der Waals surface area contributed by atoms with Crippen molar-refractivity contribution in [1.29, 1.82) is 0 Å². The van der Waals surface area contributed by atoms with Crippen LogP contribution in [0.25, 0.3) is 6.08 Å². The molecule has 0 fully saturated rings. The van der Waals surface area contributed by atoms with Gasteiger partial charge < -0.3 is 14.6 Å². The zero-order valence-electron chi connectivity index (χ0n) is 9.48. The lowest BCUT2D eigenvalue weighted by molar-refractivity contribution is -0.131. The van der Waals surface area contributed by atoms with Crippen molar-refractivity contribution in [1.82, 2.24) is 0 Å². The molecule has 1 N–H and O–H groups in total. The normalized spacial score (nSPS) is 10.4. The van der Waals surface area contributed by atoms with E-state index in [4.69, 9.17) is 14.6 Å². The zero-order valence-corrected chi connectivity index (χ0v) is 9.48. The lowest BCUT2D eigenvalue weighted by atomic mass is 10.1. The Morgan fingerprint density at radius 1 is 1.31 bits per heavy atom. The number of hydrogen-bond donors (Lipinski definition) is 1. The largest absolute Gasteiger partial charge is 0.496 e. The molecule has 1 rings (SSSR count). The van der Waals surface area contributed by atoms with Crippen LogP contribution >= 0.6 is 0 Å². The predicted octanol–water partition coefficient (Wildman–Crippen LogP) is 2.11. The highest BCUT2D eigenvalue weighted by atomic mass is 16.5. The van der Waals surface area contributed by atoms with E-state index in [9.17, 15) is 4.79 Å². The van der Waals surface area contributed by atoms with Crippen molar-refractivity contribution in [3.63, 3.8) is 0 Å². The second-order valence-corrected chi connectivity index (χ2v) is 3.19. The second-order valence-electron chi connectivity index (χ2n) is 3.19. The summed E-state index contributed by atoms with van der Waals surface area (Å²) in [5.74, 6) is 0.344. The fraction of sp³-hybridized carbons (Fsp3) is 0.250. The van der Waals surface area contributed by atoms with Crippen LogP contribution in [-0.4, -0.2) is 25.3 Å². The Kier molecular flexibility index (Phi) is 3.94. The topological polar surface area (TPSA) is 55.8 Å². The molecule has 86 valence electrons.